The first-order valence-corrected chi connectivity index (χ1v) is 17.7. The summed E-state index contributed by atoms with van der Waals surface area (Å²) in [5.74, 6) is 7.33. The molecule has 4 amide bonds. The number of nitrogens with zero attached hydrogens (tertiary/aromatic N) is 2. The van der Waals surface area contributed by atoms with Gasteiger partial charge in [-0.05, 0) is 89.1 Å². The first-order chi connectivity index (χ1) is 27.1. The van der Waals surface area contributed by atoms with E-state index in [1.54, 1.807) is 90.1 Å². The van der Waals surface area contributed by atoms with Crippen molar-refractivity contribution >= 4 is 47.7 Å². The van der Waals surface area contributed by atoms with Crippen molar-refractivity contribution in [3.05, 3.63) is 94.0 Å². The molecule has 0 unspecified atom stereocenters. The third-order valence-electron chi connectivity index (χ3n) is 7.21. The lowest BCUT2D eigenvalue weighted by atomic mass is 9.98. The molecule has 306 valence electrons. The fourth-order valence-corrected chi connectivity index (χ4v) is 4.85. The fraction of sp³-hybridized carbons (Fsp3) is 0.333. The summed E-state index contributed by atoms with van der Waals surface area (Å²) in [6, 6.07) is 15.6. The van der Waals surface area contributed by atoms with Gasteiger partial charge >= 0.3 is 36.3 Å². The Balaban J connectivity index is 1.60. The van der Waals surface area contributed by atoms with Gasteiger partial charge in [-0.25, -0.2) is 28.8 Å². The quantitative estimate of drug-likeness (QED) is 0.121. The topological polar surface area (TPSA) is 210 Å². The van der Waals surface area contributed by atoms with Crippen molar-refractivity contribution in [2.45, 2.75) is 65.8 Å². The number of ether oxygens (including phenoxy) is 4. The van der Waals surface area contributed by atoms with E-state index < -0.39 is 60.7 Å². The van der Waals surface area contributed by atoms with E-state index >= 15 is 0 Å². The Morgan fingerprint density at radius 2 is 0.966 bits per heavy atom. The summed E-state index contributed by atoms with van der Waals surface area (Å²) in [7, 11) is 2.97. The molecule has 0 atom stereocenters. The Morgan fingerprint density at radius 3 is 1.29 bits per heavy atom. The molecule has 0 saturated heterocycles. The van der Waals surface area contributed by atoms with Crippen LogP contribution in [-0.2, 0) is 32.0 Å². The molecule has 0 bridgehead atoms. The van der Waals surface area contributed by atoms with Crippen molar-refractivity contribution in [1.29, 1.82) is 0 Å². The van der Waals surface area contributed by atoms with Crippen LogP contribution in [0.15, 0.2) is 60.7 Å². The predicted octanol–water partition coefficient (Wildman–Crippen LogP) is 7.02. The van der Waals surface area contributed by atoms with E-state index in [1.807, 2.05) is 0 Å². The number of benzene rings is 3. The van der Waals surface area contributed by atoms with E-state index in [9.17, 15) is 39.0 Å². The number of hydrogen-bond donors (Lipinski definition) is 4. The number of anilines is 2. The lowest BCUT2D eigenvalue weighted by molar-refractivity contribution is 0.0624. The van der Waals surface area contributed by atoms with Gasteiger partial charge in [0.05, 0.1) is 11.1 Å². The minimum absolute atomic E-state index is 0.116. The normalized spacial score (nSPS) is 10.6. The SMILES string of the molecule is CN(Cc1cccc(NC(=O)OC(C)(C)C)c1)C(=O)OCC#Cc1cc(C(=O)O)c(C#CCOC(=O)N(C)Cc2cccc(NC(=O)OC(C)(C)C)c2)cc1C(=O)O. The third-order valence-corrected chi connectivity index (χ3v) is 7.21. The molecule has 0 aliphatic rings. The minimum Gasteiger partial charge on any atom is -0.478 e. The lowest BCUT2D eigenvalue weighted by Crippen LogP contribution is -2.28. The van der Waals surface area contributed by atoms with Gasteiger partial charge in [-0.3, -0.25) is 10.6 Å². The van der Waals surface area contributed by atoms with Crippen LogP contribution in [0.4, 0.5) is 30.6 Å². The molecule has 0 aliphatic carbocycles. The summed E-state index contributed by atoms with van der Waals surface area (Å²) in [5.41, 5.74) is -0.112. The van der Waals surface area contributed by atoms with Gasteiger partial charge in [0.1, 0.15) is 11.2 Å². The Morgan fingerprint density at radius 1 is 0.603 bits per heavy atom. The summed E-state index contributed by atoms with van der Waals surface area (Å²) in [6.45, 7) is 9.79. The first-order valence-electron chi connectivity index (χ1n) is 17.7. The smallest absolute Gasteiger partial charge is 0.412 e. The number of amides is 4. The van der Waals surface area contributed by atoms with Crippen LogP contribution in [0.25, 0.3) is 0 Å². The molecule has 0 heterocycles. The molecule has 0 aliphatic heterocycles. The third kappa shape index (κ3) is 15.5. The Bertz CT molecular complexity index is 2010. The van der Waals surface area contributed by atoms with Crippen LogP contribution in [0.1, 0.15) is 84.5 Å². The largest absolute Gasteiger partial charge is 0.478 e. The molecule has 16 nitrogen and oxygen atoms in total. The van der Waals surface area contributed by atoms with Gasteiger partial charge < -0.3 is 39.0 Å². The van der Waals surface area contributed by atoms with Gasteiger partial charge in [0.25, 0.3) is 0 Å². The van der Waals surface area contributed by atoms with E-state index in [4.69, 9.17) is 18.9 Å². The fourth-order valence-electron chi connectivity index (χ4n) is 4.85. The van der Waals surface area contributed by atoms with E-state index in [2.05, 4.69) is 34.3 Å². The molecule has 3 aromatic rings. The summed E-state index contributed by atoms with van der Waals surface area (Å²) in [5, 5.41) is 24.9. The Kier molecular flexibility index (Phi) is 15.7. The maximum Gasteiger partial charge on any atom is 0.412 e. The second-order valence-electron chi connectivity index (χ2n) is 14.6. The van der Waals surface area contributed by atoms with Gasteiger partial charge in [-0.2, -0.15) is 0 Å². The van der Waals surface area contributed by atoms with Crippen molar-refractivity contribution in [3.8, 4) is 23.7 Å². The zero-order valence-electron chi connectivity index (χ0n) is 33.5. The van der Waals surface area contributed by atoms with Gasteiger partial charge in [-0.1, -0.05) is 47.9 Å². The molecule has 0 fully saturated rings. The van der Waals surface area contributed by atoms with E-state index in [0.717, 1.165) is 12.1 Å². The van der Waals surface area contributed by atoms with Crippen LogP contribution in [0, 0.1) is 23.7 Å². The molecule has 4 N–H and O–H groups in total. The van der Waals surface area contributed by atoms with Crippen molar-refractivity contribution in [2.75, 3.05) is 37.9 Å². The molecule has 3 aromatic carbocycles. The average Bonchev–Trinajstić information content (AvgIpc) is 3.10. The number of hydrogen-bond acceptors (Lipinski definition) is 10. The molecule has 0 radical (unpaired) electrons. The highest BCUT2D eigenvalue weighted by atomic mass is 16.6. The molecule has 3 rings (SSSR count). The van der Waals surface area contributed by atoms with Crippen LogP contribution < -0.4 is 10.6 Å². The number of carboxylic acids is 2. The van der Waals surface area contributed by atoms with Gasteiger partial charge in [-0.15, -0.1) is 0 Å². The highest BCUT2D eigenvalue weighted by Gasteiger charge is 2.20. The molecule has 16 heteroatoms. The van der Waals surface area contributed by atoms with Crippen LogP contribution in [0.3, 0.4) is 0 Å². The first kappa shape index (κ1) is 45.2. The molecule has 0 aromatic heterocycles. The van der Waals surface area contributed by atoms with E-state index in [1.165, 1.54) is 23.9 Å². The molecular formula is C42H46N4O12. The van der Waals surface area contributed by atoms with Gasteiger partial charge in [0.15, 0.2) is 13.2 Å². The monoisotopic (exact) mass is 798 g/mol. The maximum absolute atomic E-state index is 12.6. The summed E-state index contributed by atoms with van der Waals surface area (Å²) >= 11 is 0. The Hall–Kier alpha value is -7.20. The van der Waals surface area contributed by atoms with Crippen LogP contribution >= 0.6 is 0 Å². The number of carbonyl (C=O) groups excluding carboxylic acids is 4. The van der Waals surface area contributed by atoms with Gasteiger partial charge in [0.2, 0.25) is 0 Å². The van der Waals surface area contributed by atoms with Gasteiger partial charge in [0, 0.05) is 49.7 Å². The number of aromatic carboxylic acids is 2. The van der Waals surface area contributed by atoms with Crippen molar-refractivity contribution < 1.29 is 57.9 Å². The second-order valence-corrected chi connectivity index (χ2v) is 14.6. The highest BCUT2D eigenvalue weighted by Crippen LogP contribution is 2.19. The number of nitrogens with one attached hydrogen (secondary N) is 2. The zero-order valence-corrected chi connectivity index (χ0v) is 33.5. The number of rotatable bonds is 10. The lowest BCUT2D eigenvalue weighted by Gasteiger charge is -2.20. The molecule has 58 heavy (non-hydrogen) atoms. The minimum atomic E-state index is -1.41. The van der Waals surface area contributed by atoms with Crippen molar-refractivity contribution in [1.82, 2.24) is 9.80 Å². The summed E-state index contributed by atoms with van der Waals surface area (Å²) in [4.78, 5) is 76.1. The predicted molar refractivity (Wildman–Crippen MR) is 212 cm³/mol. The Labute approximate surface area is 336 Å². The maximum atomic E-state index is 12.6. The van der Waals surface area contributed by atoms with E-state index in [0.29, 0.717) is 22.5 Å². The van der Waals surface area contributed by atoms with E-state index in [-0.39, 0.29) is 35.3 Å². The molecule has 0 spiro atoms. The standard InChI is InChI=1S/C42H46N4O12/c1-41(2,3)57-37(51)43-31-17-9-13-27(21-31)25-45(7)39(53)55-19-11-15-29-23-34(36(49)50)30(24-33(29)35(47)48)16-12-20-56-40(54)46(8)26-28-14-10-18-32(22-28)44-38(52)58-42(4,5)6/h9-10,13-14,17-18,21-24H,19-20,25-26H2,1-8H3,(H,43,51)(H,44,52)(H,47,48)(H,49,50). The second kappa shape index (κ2) is 20.1. The summed E-state index contributed by atoms with van der Waals surface area (Å²) < 4.78 is 20.9. The van der Waals surface area contributed by atoms with Crippen LogP contribution in [0.2, 0.25) is 0 Å². The highest BCUT2D eigenvalue weighted by molar-refractivity contribution is 5.97. The average molecular weight is 799 g/mol. The van der Waals surface area contributed by atoms with Crippen molar-refractivity contribution in [2.24, 2.45) is 0 Å². The van der Waals surface area contributed by atoms with Crippen LogP contribution in [0.5, 0.6) is 0 Å². The number of carbonyl (C=O) groups is 6. The summed E-state index contributed by atoms with van der Waals surface area (Å²) in [6.07, 6.45) is -2.75. The zero-order chi connectivity index (χ0) is 43.2. The van der Waals surface area contributed by atoms with Crippen molar-refractivity contribution in [3.63, 3.8) is 0 Å². The molecule has 0 saturated carbocycles. The molecular weight excluding hydrogens is 752 g/mol. The van der Waals surface area contributed by atoms with Crippen LogP contribution in [-0.4, -0.2) is 94.8 Å². The number of carboxylic acid groups (broad SMARTS) is 2.